The van der Waals surface area contributed by atoms with Gasteiger partial charge in [-0.15, -0.1) is 0 Å². The summed E-state index contributed by atoms with van der Waals surface area (Å²) in [5.41, 5.74) is 14.1. The van der Waals surface area contributed by atoms with Crippen molar-refractivity contribution in [2.45, 2.75) is 19.6 Å². The highest BCUT2D eigenvalue weighted by Crippen LogP contribution is 2.20. The zero-order valence-electron chi connectivity index (χ0n) is 9.45. The Labute approximate surface area is 99.6 Å². The average Bonchev–Trinajstić information content (AvgIpc) is 2.15. The molecule has 0 radical (unpaired) electrons. The third-order valence-corrected chi connectivity index (χ3v) is 3.03. The summed E-state index contributed by atoms with van der Waals surface area (Å²) in [6, 6.07) is 6.15. The van der Waals surface area contributed by atoms with Gasteiger partial charge < -0.3 is 11.5 Å². The van der Waals surface area contributed by atoms with E-state index in [0.717, 1.165) is 0 Å². The van der Waals surface area contributed by atoms with E-state index in [4.69, 9.17) is 16.9 Å². The number of aryl methyl sites for hydroxylation is 2. The van der Waals surface area contributed by atoms with Gasteiger partial charge in [-0.2, -0.15) is 4.99 Å². The molecule has 1 rings (SSSR count). The second-order valence-corrected chi connectivity index (χ2v) is 4.46. The van der Waals surface area contributed by atoms with E-state index in [-0.39, 0.29) is 11.1 Å². The molecule has 4 nitrogen and oxygen atoms in total. The molecular formula is C11H16N4S. The van der Waals surface area contributed by atoms with Crippen molar-refractivity contribution in [1.29, 1.82) is 5.41 Å². The maximum Gasteiger partial charge on any atom is 0.193 e. The molecule has 0 aliphatic rings. The van der Waals surface area contributed by atoms with E-state index in [1.807, 2.05) is 6.07 Å². The van der Waals surface area contributed by atoms with Crippen molar-refractivity contribution in [3.8, 4) is 0 Å². The molecule has 0 saturated carbocycles. The van der Waals surface area contributed by atoms with Crippen molar-refractivity contribution in [2.24, 2.45) is 16.5 Å². The van der Waals surface area contributed by atoms with Crippen LogP contribution >= 0.6 is 11.8 Å². The molecular weight excluding hydrogens is 220 g/mol. The SMILES string of the molecule is Cc1cccc(C)c1CSC(=N)N=C(N)N. The second kappa shape index (κ2) is 5.55. The summed E-state index contributed by atoms with van der Waals surface area (Å²) in [6.07, 6.45) is 0. The summed E-state index contributed by atoms with van der Waals surface area (Å²) in [5, 5.41) is 7.67. The van der Waals surface area contributed by atoms with E-state index in [0.29, 0.717) is 5.75 Å². The van der Waals surface area contributed by atoms with E-state index >= 15 is 0 Å². The number of aliphatic imine (C=N–C) groups is 1. The van der Waals surface area contributed by atoms with Crippen LogP contribution in [-0.4, -0.2) is 11.1 Å². The molecule has 0 fully saturated rings. The maximum atomic E-state index is 7.52. The smallest absolute Gasteiger partial charge is 0.193 e. The number of rotatable bonds is 2. The van der Waals surface area contributed by atoms with Crippen LogP contribution in [0.2, 0.25) is 0 Å². The number of nitrogens with zero attached hydrogens (tertiary/aromatic N) is 1. The Hall–Kier alpha value is -1.49. The van der Waals surface area contributed by atoms with E-state index in [9.17, 15) is 0 Å². The standard InChI is InChI=1S/C11H16N4S/c1-7-4-3-5-8(2)9(7)6-16-11(14)15-10(12)13/h3-5H,6H2,1-2H3,(H5,12,13,14,15). The van der Waals surface area contributed by atoms with E-state index in [2.05, 4.69) is 31.0 Å². The number of guanidine groups is 1. The Kier molecular flexibility index (Phi) is 4.37. The van der Waals surface area contributed by atoms with Crippen molar-refractivity contribution in [3.63, 3.8) is 0 Å². The molecule has 1 aromatic rings. The highest BCUT2D eigenvalue weighted by molar-refractivity contribution is 8.13. The van der Waals surface area contributed by atoms with Crippen molar-refractivity contribution in [2.75, 3.05) is 0 Å². The third kappa shape index (κ3) is 3.58. The van der Waals surface area contributed by atoms with Crippen LogP contribution in [0.25, 0.3) is 0 Å². The fourth-order valence-electron chi connectivity index (χ4n) is 1.37. The summed E-state index contributed by atoms with van der Waals surface area (Å²) >= 11 is 1.32. The number of amidine groups is 1. The van der Waals surface area contributed by atoms with E-state index in [1.54, 1.807) is 0 Å². The molecule has 16 heavy (non-hydrogen) atoms. The van der Waals surface area contributed by atoms with Crippen LogP contribution in [0.5, 0.6) is 0 Å². The predicted molar refractivity (Wildman–Crippen MR) is 70.7 cm³/mol. The number of benzene rings is 1. The second-order valence-electron chi connectivity index (χ2n) is 3.50. The van der Waals surface area contributed by atoms with Gasteiger partial charge in [-0.25, -0.2) is 0 Å². The third-order valence-electron chi connectivity index (χ3n) is 2.23. The van der Waals surface area contributed by atoms with Gasteiger partial charge in [-0.1, -0.05) is 30.0 Å². The molecule has 0 spiro atoms. The molecule has 0 aliphatic carbocycles. The largest absolute Gasteiger partial charge is 0.370 e. The number of hydrogen-bond acceptors (Lipinski definition) is 2. The van der Waals surface area contributed by atoms with Gasteiger partial charge in [0.15, 0.2) is 11.1 Å². The lowest BCUT2D eigenvalue weighted by Crippen LogP contribution is -2.23. The minimum atomic E-state index is -0.0704. The highest BCUT2D eigenvalue weighted by Gasteiger charge is 2.04. The number of nitrogens with one attached hydrogen (secondary N) is 1. The first-order valence-electron chi connectivity index (χ1n) is 4.86. The Bertz CT molecular complexity index is 402. The molecule has 5 heteroatoms. The fourth-order valence-corrected chi connectivity index (χ4v) is 2.27. The van der Waals surface area contributed by atoms with Crippen molar-refractivity contribution in [1.82, 2.24) is 0 Å². The summed E-state index contributed by atoms with van der Waals surface area (Å²) in [7, 11) is 0. The van der Waals surface area contributed by atoms with Crippen LogP contribution in [0.15, 0.2) is 23.2 Å². The van der Waals surface area contributed by atoms with Crippen LogP contribution in [0.4, 0.5) is 0 Å². The topological polar surface area (TPSA) is 88.2 Å². The zero-order valence-corrected chi connectivity index (χ0v) is 10.3. The Morgan fingerprint density at radius 2 is 1.88 bits per heavy atom. The van der Waals surface area contributed by atoms with Crippen molar-refractivity contribution < 1.29 is 0 Å². The summed E-state index contributed by atoms with van der Waals surface area (Å²) in [4.78, 5) is 3.67. The first kappa shape index (κ1) is 12.6. The molecule has 5 N–H and O–H groups in total. The van der Waals surface area contributed by atoms with Gasteiger partial charge in [-0.3, -0.25) is 5.41 Å². The lowest BCUT2D eigenvalue weighted by Gasteiger charge is -2.08. The molecule has 0 bridgehead atoms. The lowest BCUT2D eigenvalue weighted by atomic mass is 10.1. The van der Waals surface area contributed by atoms with E-state index in [1.165, 1.54) is 28.5 Å². The summed E-state index contributed by atoms with van der Waals surface area (Å²) in [5.74, 6) is 0.646. The van der Waals surface area contributed by atoms with Gasteiger partial charge in [0, 0.05) is 5.75 Å². The predicted octanol–water partition coefficient (Wildman–Crippen LogP) is 1.74. The number of thioether (sulfide) groups is 1. The van der Waals surface area contributed by atoms with Crippen LogP contribution in [0.1, 0.15) is 16.7 Å². The monoisotopic (exact) mass is 236 g/mol. The molecule has 0 saturated heterocycles. The molecule has 1 aromatic carbocycles. The van der Waals surface area contributed by atoms with Gasteiger partial charge in [0.2, 0.25) is 0 Å². The molecule has 0 aliphatic heterocycles. The quantitative estimate of drug-likeness (QED) is 0.540. The molecule has 86 valence electrons. The minimum absolute atomic E-state index is 0.0704. The average molecular weight is 236 g/mol. The summed E-state index contributed by atoms with van der Waals surface area (Å²) < 4.78 is 0. The maximum absolute atomic E-state index is 7.52. The molecule has 0 atom stereocenters. The van der Waals surface area contributed by atoms with E-state index < -0.39 is 0 Å². The van der Waals surface area contributed by atoms with Crippen LogP contribution < -0.4 is 11.5 Å². The van der Waals surface area contributed by atoms with Gasteiger partial charge >= 0.3 is 0 Å². The number of hydrogen-bond donors (Lipinski definition) is 3. The van der Waals surface area contributed by atoms with Crippen LogP contribution in [0, 0.1) is 19.3 Å². The molecule has 0 unspecified atom stereocenters. The fraction of sp³-hybridized carbons (Fsp3) is 0.273. The normalized spacial score (nSPS) is 9.88. The first-order valence-corrected chi connectivity index (χ1v) is 5.85. The number of nitrogens with two attached hydrogens (primary N) is 2. The van der Waals surface area contributed by atoms with Gasteiger partial charge in [0.05, 0.1) is 0 Å². The van der Waals surface area contributed by atoms with Crippen LogP contribution in [0.3, 0.4) is 0 Å². The Morgan fingerprint density at radius 3 is 2.38 bits per heavy atom. The first-order chi connectivity index (χ1) is 7.50. The molecule has 0 aromatic heterocycles. The van der Waals surface area contributed by atoms with Gasteiger partial charge in [0.1, 0.15) is 0 Å². The highest BCUT2D eigenvalue weighted by atomic mass is 32.2. The van der Waals surface area contributed by atoms with Gasteiger partial charge in [-0.05, 0) is 30.5 Å². The molecule has 0 amide bonds. The van der Waals surface area contributed by atoms with Crippen molar-refractivity contribution in [3.05, 3.63) is 34.9 Å². The van der Waals surface area contributed by atoms with Gasteiger partial charge in [0.25, 0.3) is 0 Å². The zero-order chi connectivity index (χ0) is 12.1. The Morgan fingerprint density at radius 1 is 1.31 bits per heavy atom. The lowest BCUT2D eigenvalue weighted by molar-refractivity contribution is 1.24. The van der Waals surface area contributed by atoms with Crippen molar-refractivity contribution >= 4 is 22.9 Å². The Balaban J connectivity index is 2.68. The minimum Gasteiger partial charge on any atom is -0.370 e. The summed E-state index contributed by atoms with van der Waals surface area (Å²) in [6.45, 7) is 4.13. The van der Waals surface area contributed by atoms with Crippen LogP contribution in [-0.2, 0) is 5.75 Å². The molecule has 0 heterocycles.